The highest BCUT2D eigenvalue weighted by Gasteiger charge is 2.25. The third kappa shape index (κ3) is 3.14. The normalized spacial score (nSPS) is 11.5. The standard InChI is InChI=1S/C10H10FN5O4S/c11-8-1-7(16(17)18)2-9(12)10(8)21(19,20)15-4-6-3-13-5-14-6/h1-3,5,15H,4,12H2,(H,13,14). The van der Waals surface area contributed by atoms with Gasteiger partial charge in [-0.1, -0.05) is 0 Å². The van der Waals surface area contributed by atoms with Gasteiger partial charge in [-0.05, 0) is 0 Å². The topological polar surface area (TPSA) is 144 Å². The number of nitro groups is 1. The molecule has 0 unspecified atom stereocenters. The number of imidazole rings is 1. The number of anilines is 1. The molecule has 0 saturated carbocycles. The Morgan fingerprint density at radius 1 is 1.48 bits per heavy atom. The van der Waals surface area contributed by atoms with Gasteiger partial charge in [-0.3, -0.25) is 10.1 Å². The lowest BCUT2D eigenvalue weighted by atomic mass is 10.3. The fraction of sp³-hybridized carbons (Fsp3) is 0.100. The summed E-state index contributed by atoms with van der Waals surface area (Å²) in [7, 11) is -4.26. The van der Waals surface area contributed by atoms with E-state index in [-0.39, 0.29) is 6.54 Å². The van der Waals surface area contributed by atoms with E-state index < -0.39 is 37.0 Å². The number of sulfonamides is 1. The summed E-state index contributed by atoms with van der Waals surface area (Å²) in [5.74, 6) is -1.29. The molecule has 0 aliphatic rings. The van der Waals surface area contributed by atoms with Gasteiger partial charge < -0.3 is 10.7 Å². The maximum absolute atomic E-state index is 13.8. The summed E-state index contributed by atoms with van der Waals surface area (Å²) < 4.78 is 40.0. The van der Waals surface area contributed by atoms with Gasteiger partial charge in [0.05, 0.1) is 29.5 Å². The van der Waals surface area contributed by atoms with Crippen molar-refractivity contribution in [3.8, 4) is 0 Å². The number of nitro benzene ring substituents is 1. The van der Waals surface area contributed by atoms with Gasteiger partial charge in [-0.15, -0.1) is 0 Å². The maximum atomic E-state index is 13.8. The van der Waals surface area contributed by atoms with Crippen LogP contribution in [-0.2, 0) is 16.6 Å². The van der Waals surface area contributed by atoms with E-state index >= 15 is 0 Å². The summed E-state index contributed by atoms with van der Waals surface area (Å²) >= 11 is 0. The second-order valence-electron chi connectivity index (χ2n) is 4.00. The first-order chi connectivity index (χ1) is 9.81. The molecule has 0 spiro atoms. The van der Waals surface area contributed by atoms with Crippen LogP contribution in [0, 0.1) is 15.9 Å². The Kier molecular flexibility index (Phi) is 3.86. The number of benzene rings is 1. The zero-order valence-electron chi connectivity index (χ0n) is 10.4. The lowest BCUT2D eigenvalue weighted by molar-refractivity contribution is -0.385. The molecule has 0 amide bonds. The van der Waals surface area contributed by atoms with Gasteiger partial charge in [-0.2, -0.15) is 0 Å². The van der Waals surface area contributed by atoms with Gasteiger partial charge in [0.1, 0.15) is 4.90 Å². The first-order valence-electron chi connectivity index (χ1n) is 5.51. The number of rotatable bonds is 5. The number of aromatic nitrogens is 2. The zero-order chi connectivity index (χ0) is 15.6. The van der Waals surface area contributed by atoms with Crippen molar-refractivity contribution >= 4 is 21.4 Å². The summed E-state index contributed by atoms with van der Waals surface area (Å²) in [6, 6.07) is 1.29. The Hall–Kier alpha value is -2.53. The Labute approximate surface area is 118 Å². The van der Waals surface area contributed by atoms with Crippen LogP contribution in [0.3, 0.4) is 0 Å². The summed E-state index contributed by atoms with van der Waals surface area (Å²) in [6.07, 6.45) is 2.74. The molecule has 21 heavy (non-hydrogen) atoms. The average Bonchev–Trinajstić information content (AvgIpc) is 2.88. The number of aromatic amines is 1. The molecule has 2 rings (SSSR count). The van der Waals surface area contributed by atoms with E-state index in [9.17, 15) is 22.9 Å². The first kappa shape index (κ1) is 14.9. The van der Waals surface area contributed by atoms with Crippen LogP contribution in [0.15, 0.2) is 29.6 Å². The van der Waals surface area contributed by atoms with Crippen molar-refractivity contribution in [3.63, 3.8) is 0 Å². The van der Waals surface area contributed by atoms with Crippen molar-refractivity contribution in [2.75, 3.05) is 5.73 Å². The van der Waals surface area contributed by atoms with E-state index in [1.54, 1.807) is 0 Å². The molecule has 0 radical (unpaired) electrons. The Morgan fingerprint density at radius 2 is 2.19 bits per heavy atom. The fourth-order valence-corrected chi connectivity index (χ4v) is 2.79. The third-order valence-electron chi connectivity index (χ3n) is 2.54. The quantitative estimate of drug-likeness (QED) is 0.417. The number of non-ortho nitro benzene ring substituents is 1. The van der Waals surface area contributed by atoms with E-state index in [2.05, 4.69) is 14.7 Å². The van der Waals surface area contributed by atoms with E-state index in [4.69, 9.17) is 5.73 Å². The minimum atomic E-state index is -4.26. The molecule has 112 valence electrons. The van der Waals surface area contributed by atoms with Crippen molar-refractivity contribution in [2.45, 2.75) is 11.4 Å². The van der Waals surface area contributed by atoms with Crippen LogP contribution in [0.1, 0.15) is 5.69 Å². The van der Waals surface area contributed by atoms with Crippen molar-refractivity contribution < 1.29 is 17.7 Å². The highest BCUT2D eigenvalue weighted by Crippen LogP contribution is 2.27. The number of nitrogen functional groups attached to an aromatic ring is 1. The third-order valence-corrected chi connectivity index (χ3v) is 4.04. The largest absolute Gasteiger partial charge is 0.397 e. The monoisotopic (exact) mass is 315 g/mol. The highest BCUT2D eigenvalue weighted by molar-refractivity contribution is 7.89. The van der Waals surface area contributed by atoms with Crippen LogP contribution in [0.5, 0.6) is 0 Å². The van der Waals surface area contributed by atoms with E-state index in [0.717, 1.165) is 6.07 Å². The molecule has 0 fully saturated rings. The molecule has 0 atom stereocenters. The van der Waals surface area contributed by atoms with Gasteiger partial charge in [0.15, 0.2) is 5.82 Å². The number of nitrogens with two attached hydrogens (primary N) is 1. The van der Waals surface area contributed by atoms with Gasteiger partial charge in [0, 0.05) is 18.0 Å². The Bertz CT molecular complexity index is 752. The van der Waals surface area contributed by atoms with Crippen LogP contribution in [-0.4, -0.2) is 23.3 Å². The molecular weight excluding hydrogens is 305 g/mol. The Morgan fingerprint density at radius 3 is 2.71 bits per heavy atom. The molecule has 9 nitrogen and oxygen atoms in total. The average molecular weight is 315 g/mol. The van der Waals surface area contributed by atoms with Crippen molar-refractivity contribution in [3.05, 3.63) is 46.3 Å². The van der Waals surface area contributed by atoms with Crippen molar-refractivity contribution in [1.29, 1.82) is 0 Å². The van der Waals surface area contributed by atoms with E-state index in [1.165, 1.54) is 12.5 Å². The molecular formula is C10H10FN5O4S. The minimum absolute atomic E-state index is 0.155. The van der Waals surface area contributed by atoms with Crippen LogP contribution >= 0.6 is 0 Å². The number of hydrogen-bond donors (Lipinski definition) is 3. The number of halogens is 1. The predicted molar refractivity (Wildman–Crippen MR) is 70.1 cm³/mol. The van der Waals surface area contributed by atoms with E-state index in [0.29, 0.717) is 11.8 Å². The van der Waals surface area contributed by atoms with Crippen LogP contribution in [0.4, 0.5) is 15.8 Å². The van der Waals surface area contributed by atoms with Gasteiger partial charge in [0.25, 0.3) is 5.69 Å². The van der Waals surface area contributed by atoms with Gasteiger partial charge >= 0.3 is 0 Å². The molecule has 1 aromatic carbocycles. The fourth-order valence-electron chi connectivity index (χ4n) is 1.62. The lowest BCUT2D eigenvalue weighted by Gasteiger charge is -2.09. The highest BCUT2D eigenvalue weighted by atomic mass is 32.2. The SMILES string of the molecule is Nc1cc([N+](=O)[O-])cc(F)c1S(=O)(=O)NCc1cnc[nH]1. The summed E-state index contributed by atoms with van der Waals surface area (Å²) in [4.78, 5) is 15.2. The van der Waals surface area contributed by atoms with Crippen LogP contribution in [0.2, 0.25) is 0 Å². The number of H-pyrrole nitrogens is 1. The second-order valence-corrected chi connectivity index (χ2v) is 5.71. The predicted octanol–water partition coefficient (Wildman–Crippen LogP) is 0.518. The lowest BCUT2D eigenvalue weighted by Crippen LogP contribution is -2.25. The molecule has 11 heteroatoms. The molecule has 4 N–H and O–H groups in total. The number of hydrogen-bond acceptors (Lipinski definition) is 6. The summed E-state index contributed by atoms with van der Waals surface area (Å²) in [6.45, 7) is -0.155. The first-order valence-corrected chi connectivity index (χ1v) is 7.00. The van der Waals surface area contributed by atoms with E-state index in [1.807, 2.05) is 0 Å². The Balaban J connectivity index is 2.33. The van der Waals surface area contributed by atoms with Gasteiger partial charge in [0.2, 0.25) is 10.0 Å². The van der Waals surface area contributed by atoms with Crippen LogP contribution in [0.25, 0.3) is 0 Å². The zero-order valence-corrected chi connectivity index (χ0v) is 11.2. The molecule has 0 aliphatic heterocycles. The van der Waals surface area contributed by atoms with Crippen molar-refractivity contribution in [2.24, 2.45) is 0 Å². The second kappa shape index (κ2) is 5.46. The molecule has 1 aromatic heterocycles. The smallest absolute Gasteiger partial charge is 0.274 e. The van der Waals surface area contributed by atoms with Crippen LogP contribution < -0.4 is 10.5 Å². The molecule has 0 bridgehead atoms. The molecule has 0 aliphatic carbocycles. The number of nitrogens with one attached hydrogen (secondary N) is 2. The maximum Gasteiger partial charge on any atom is 0.274 e. The summed E-state index contributed by atoms with van der Waals surface area (Å²) in [5.41, 5.74) is 4.70. The van der Waals surface area contributed by atoms with Crippen molar-refractivity contribution in [1.82, 2.24) is 14.7 Å². The van der Waals surface area contributed by atoms with Gasteiger partial charge in [-0.25, -0.2) is 22.5 Å². The minimum Gasteiger partial charge on any atom is -0.397 e. The summed E-state index contributed by atoms with van der Waals surface area (Å²) in [5, 5.41) is 10.6. The molecule has 1 heterocycles. The molecule has 0 saturated heterocycles. The number of nitrogens with zero attached hydrogens (tertiary/aromatic N) is 2. The molecule has 2 aromatic rings.